The number of aryl methyl sites for hydroxylation is 2. The minimum Gasteiger partial charge on any atom is -0.347 e. The van der Waals surface area contributed by atoms with E-state index in [1.807, 2.05) is 70.2 Å². The second-order valence-corrected chi connectivity index (χ2v) is 7.34. The van der Waals surface area contributed by atoms with Gasteiger partial charge in [0.2, 0.25) is 5.91 Å². The van der Waals surface area contributed by atoms with Crippen LogP contribution in [0.3, 0.4) is 0 Å². The fourth-order valence-electron chi connectivity index (χ4n) is 2.68. The lowest BCUT2D eigenvalue weighted by molar-refractivity contribution is -0.143. The van der Waals surface area contributed by atoms with Crippen LogP contribution in [-0.2, 0) is 19.8 Å². The van der Waals surface area contributed by atoms with Gasteiger partial charge in [0.05, 0.1) is 11.5 Å². The van der Waals surface area contributed by atoms with Crippen molar-refractivity contribution in [2.45, 2.75) is 46.1 Å². The number of amides is 2. The van der Waals surface area contributed by atoms with Crippen LogP contribution in [-0.4, -0.2) is 18.4 Å². The van der Waals surface area contributed by atoms with Gasteiger partial charge in [0.1, 0.15) is 0 Å². The number of carbonyl (C=O) groups is 2. The molecular weight excluding hydrogens is 340 g/mol. The van der Waals surface area contributed by atoms with Crippen LogP contribution in [0.2, 0.25) is 0 Å². The molecule has 0 aromatic heterocycles. The molecule has 0 heterocycles. The van der Waals surface area contributed by atoms with Gasteiger partial charge in [-0.15, -0.1) is 0 Å². The molecule has 0 aliphatic carbocycles. The SMILES string of the molecule is Cc1ccc(C(C)NC(=O)CONC(=O)C(C)(C)c2ccccc2)cc1C. The molecule has 2 rings (SSSR count). The Balaban J connectivity index is 1.83. The summed E-state index contributed by atoms with van der Waals surface area (Å²) in [7, 11) is 0. The lowest BCUT2D eigenvalue weighted by atomic mass is 9.84. The van der Waals surface area contributed by atoms with Crippen molar-refractivity contribution >= 4 is 11.8 Å². The van der Waals surface area contributed by atoms with E-state index in [4.69, 9.17) is 4.84 Å². The lowest BCUT2D eigenvalue weighted by Gasteiger charge is -2.23. The molecule has 0 aliphatic rings. The summed E-state index contributed by atoms with van der Waals surface area (Å²) in [6.07, 6.45) is 0. The van der Waals surface area contributed by atoms with Gasteiger partial charge in [-0.25, -0.2) is 5.48 Å². The average Bonchev–Trinajstić information content (AvgIpc) is 2.64. The summed E-state index contributed by atoms with van der Waals surface area (Å²) in [5.41, 5.74) is 5.92. The molecule has 0 aliphatic heterocycles. The van der Waals surface area contributed by atoms with Crippen molar-refractivity contribution in [3.05, 3.63) is 70.8 Å². The lowest BCUT2D eigenvalue weighted by Crippen LogP contribution is -2.42. The van der Waals surface area contributed by atoms with E-state index < -0.39 is 5.41 Å². The van der Waals surface area contributed by atoms with Gasteiger partial charge in [0.25, 0.3) is 5.91 Å². The van der Waals surface area contributed by atoms with Crippen molar-refractivity contribution in [2.24, 2.45) is 0 Å². The number of hydroxylamine groups is 1. The van der Waals surface area contributed by atoms with Crippen molar-refractivity contribution in [2.75, 3.05) is 6.61 Å². The van der Waals surface area contributed by atoms with E-state index in [1.54, 1.807) is 0 Å². The molecule has 1 unspecified atom stereocenters. The van der Waals surface area contributed by atoms with Crippen molar-refractivity contribution in [1.29, 1.82) is 0 Å². The molecule has 0 spiro atoms. The summed E-state index contributed by atoms with van der Waals surface area (Å²) in [6.45, 7) is 9.38. The number of carbonyl (C=O) groups excluding carboxylic acids is 2. The van der Waals surface area contributed by atoms with Gasteiger partial charge in [-0.3, -0.25) is 14.4 Å². The van der Waals surface area contributed by atoms with Crippen LogP contribution in [0.1, 0.15) is 49.1 Å². The molecule has 2 N–H and O–H groups in total. The van der Waals surface area contributed by atoms with Crippen molar-refractivity contribution in [3.8, 4) is 0 Å². The topological polar surface area (TPSA) is 67.4 Å². The van der Waals surface area contributed by atoms with Gasteiger partial charge in [0.15, 0.2) is 6.61 Å². The highest BCUT2D eigenvalue weighted by molar-refractivity contribution is 5.86. The van der Waals surface area contributed by atoms with Gasteiger partial charge < -0.3 is 5.32 Å². The Morgan fingerprint density at radius 1 is 1.04 bits per heavy atom. The first-order valence-electron chi connectivity index (χ1n) is 9.06. The largest absolute Gasteiger partial charge is 0.347 e. The van der Waals surface area contributed by atoms with Crippen LogP contribution in [0, 0.1) is 13.8 Å². The molecule has 0 saturated carbocycles. The summed E-state index contributed by atoms with van der Waals surface area (Å²) in [5.74, 6) is -0.595. The van der Waals surface area contributed by atoms with E-state index in [0.717, 1.165) is 11.1 Å². The molecule has 5 heteroatoms. The highest BCUT2D eigenvalue weighted by atomic mass is 16.7. The Labute approximate surface area is 161 Å². The second kappa shape index (κ2) is 8.82. The van der Waals surface area contributed by atoms with E-state index in [-0.39, 0.29) is 24.5 Å². The minimum absolute atomic E-state index is 0.142. The van der Waals surface area contributed by atoms with Gasteiger partial charge >= 0.3 is 0 Å². The first kappa shape index (κ1) is 20.6. The predicted molar refractivity (Wildman–Crippen MR) is 106 cm³/mol. The van der Waals surface area contributed by atoms with Crippen molar-refractivity contribution < 1.29 is 14.4 Å². The summed E-state index contributed by atoms with van der Waals surface area (Å²) >= 11 is 0. The third kappa shape index (κ3) is 5.41. The first-order valence-corrected chi connectivity index (χ1v) is 9.06. The monoisotopic (exact) mass is 368 g/mol. The summed E-state index contributed by atoms with van der Waals surface area (Å²) < 4.78 is 0. The molecule has 0 radical (unpaired) electrons. The quantitative estimate of drug-likeness (QED) is 0.735. The van der Waals surface area contributed by atoms with Crippen LogP contribution in [0.25, 0.3) is 0 Å². The van der Waals surface area contributed by atoms with Crippen molar-refractivity contribution in [3.63, 3.8) is 0 Å². The molecule has 2 aromatic rings. The zero-order valence-electron chi connectivity index (χ0n) is 16.6. The molecule has 5 nitrogen and oxygen atoms in total. The Hall–Kier alpha value is -2.66. The van der Waals surface area contributed by atoms with Crippen LogP contribution in [0.15, 0.2) is 48.5 Å². The predicted octanol–water partition coefficient (Wildman–Crippen LogP) is 3.51. The van der Waals surface area contributed by atoms with Crippen LogP contribution >= 0.6 is 0 Å². The van der Waals surface area contributed by atoms with Crippen molar-refractivity contribution in [1.82, 2.24) is 10.8 Å². The molecular formula is C22H28N2O3. The van der Waals surface area contributed by atoms with Crippen LogP contribution < -0.4 is 10.8 Å². The molecule has 144 valence electrons. The van der Waals surface area contributed by atoms with E-state index in [0.29, 0.717) is 0 Å². The number of rotatable bonds is 7. The van der Waals surface area contributed by atoms with E-state index in [9.17, 15) is 9.59 Å². The van der Waals surface area contributed by atoms with E-state index in [2.05, 4.69) is 23.8 Å². The zero-order valence-corrected chi connectivity index (χ0v) is 16.6. The minimum atomic E-state index is -0.759. The number of benzene rings is 2. The van der Waals surface area contributed by atoms with Gasteiger partial charge in [-0.05, 0) is 56.9 Å². The van der Waals surface area contributed by atoms with Gasteiger partial charge in [0, 0.05) is 0 Å². The van der Waals surface area contributed by atoms with Crippen LogP contribution in [0.5, 0.6) is 0 Å². The van der Waals surface area contributed by atoms with E-state index >= 15 is 0 Å². The standard InChI is InChI=1S/C22H28N2O3/c1-15-11-12-18(13-16(15)2)17(3)23-20(25)14-27-24-21(26)22(4,5)19-9-7-6-8-10-19/h6-13,17H,14H2,1-5H3,(H,23,25)(H,24,26). The smallest absolute Gasteiger partial charge is 0.253 e. The zero-order chi connectivity index (χ0) is 20.0. The third-order valence-corrected chi connectivity index (χ3v) is 4.84. The van der Waals surface area contributed by atoms with E-state index in [1.165, 1.54) is 11.1 Å². The highest BCUT2D eigenvalue weighted by Gasteiger charge is 2.30. The summed E-state index contributed by atoms with van der Waals surface area (Å²) in [6, 6.07) is 15.4. The molecule has 2 aromatic carbocycles. The fraction of sp³-hybridized carbons (Fsp3) is 0.364. The average molecular weight is 368 g/mol. The molecule has 0 saturated heterocycles. The third-order valence-electron chi connectivity index (χ3n) is 4.84. The van der Waals surface area contributed by atoms with Gasteiger partial charge in [-0.2, -0.15) is 0 Å². The van der Waals surface area contributed by atoms with Gasteiger partial charge in [-0.1, -0.05) is 48.5 Å². The molecule has 27 heavy (non-hydrogen) atoms. The molecule has 2 amide bonds. The molecule has 1 atom stereocenters. The maximum atomic E-state index is 12.4. The summed E-state index contributed by atoms with van der Waals surface area (Å²) in [5, 5.41) is 2.87. The molecule has 0 fully saturated rings. The molecule has 0 bridgehead atoms. The maximum Gasteiger partial charge on any atom is 0.253 e. The summed E-state index contributed by atoms with van der Waals surface area (Å²) in [4.78, 5) is 29.6. The second-order valence-electron chi connectivity index (χ2n) is 7.34. The Bertz CT molecular complexity index is 800. The Morgan fingerprint density at radius 2 is 1.70 bits per heavy atom. The Kier molecular flexibility index (Phi) is 6.75. The number of nitrogens with one attached hydrogen (secondary N) is 2. The number of hydrogen-bond donors (Lipinski definition) is 2. The maximum absolute atomic E-state index is 12.4. The fourth-order valence-corrected chi connectivity index (χ4v) is 2.68. The first-order chi connectivity index (χ1) is 12.7. The number of hydrogen-bond acceptors (Lipinski definition) is 3. The van der Waals surface area contributed by atoms with Crippen LogP contribution in [0.4, 0.5) is 0 Å². The normalized spacial score (nSPS) is 12.3. The Morgan fingerprint density at radius 3 is 2.33 bits per heavy atom. The highest BCUT2D eigenvalue weighted by Crippen LogP contribution is 2.22.